The average molecular weight is 240 g/mol. The van der Waals surface area contributed by atoms with E-state index in [9.17, 15) is 4.79 Å². The van der Waals surface area contributed by atoms with Crippen LogP contribution in [-0.4, -0.2) is 12.9 Å². The van der Waals surface area contributed by atoms with Crippen LogP contribution in [0.15, 0.2) is 42.5 Å². The number of Topliss-reactive ketones (excluding diaryl/α,β-unsaturated/α-hetero) is 1. The van der Waals surface area contributed by atoms with Gasteiger partial charge in [0.15, 0.2) is 5.78 Å². The van der Waals surface area contributed by atoms with E-state index in [1.807, 2.05) is 49.4 Å². The summed E-state index contributed by atoms with van der Waals surface area (Å²) >= 11 is 0. The highest BCUT2D eigenvalue weighted by atomic mass is 16.5. The topological polar surface area (TPSA) is 26.3 Å². The van der Waals surface area contributed by atoms with Crippen LogP contribution in [0.2, 0.25) is 0 Å². The Morgan fingerprint density at radius 2 is 1.83 bits per heavy atom. The summed E-state index contributed by atoms with van der Waals surface area (Å²) in [6.45, 7) is 3.54. The zero-order chi connectivity index (χ0) is 13.1. The number of benzene rings is 2. The number of carbonyl (C=O) groups excluding carboxylic acids is 1. The maximum absolute atomic E-state index is 11.6. The molecule has 0 atom stereocenters. The van der Waals surface area contributed by atoms with E-state index in [0.717, 1.165) is 28.0 Å². The van der Waals surface area contributed by atoms with Crippen molar-refractivity contribution in [3.05, 3.63) is 53.6 Å². The van der Waals surface area contributed by atoms with Crippen molar-refractivity contribution in [3.63, 3.8) is 0 Å². The lowest BCUT2D eigenvalue weighted by molar-refractivity contribution is 0.101. The molecule has 0 amide bonds. The molecular formula is C16H16O2. The van der Waals surface area contributed by atoms with E-state index in [-0.39, 0.29) is 5.78 Å². The van der Waals surface area contributed by atoms with Crippen LogP contribution in [0.1, 0.15) is 22.8 Å². The number of para-hydroxylation sites is 1. The van der Waals surface area contributed by atoms with Crippen molar-refractivity contribution in [1.29, 1.82) is 0 Å². The number of ether oxygens (including phenoxy) is 1. The van der Waals surface area contributed by atoms with Gasteiger partial charge in [0.1, 0.15) is 5.75 Å². The fourth-order valence-corrected chi connectivity index (χ4v) is 2.05. The molecule has 2 nitrogen and oxygen atoms in total. The van der Waals surface area contributed by atoms with Gasteiger partial charge in [-0.05, 0) is 37.1 Å². The van der Waals surface area contributed by atoms with Gasteiger partial charge >= 0.3 is 0 Å². The highest BCUT2D eigenvalue weighted by Gasteiger charge is 2.09. The van der Waals surface area contributed by atoms with Gasteiger partial charge < -0.3 is 4.74 Å². The fourth-order valence-electron chi connectivity index (χ4n) is 2.05. The lowest BCUT2D eigenvalue weighted by Crippen LogP contribution is -1.97. The van der Waals surface area contributed by atoms with Gasteiger partial charge in [-0.3, -0.25) is 4.79 Å². The Kier molecular flexibility index (Phi) is 3.47. The summed E-state index contributed by atoms with van der Waals surface area (Å²) in [5.74, 6) is 0.903. The first-order valence-corrected chi connectivity index (χ1v) is 5.88. The van der Waals surface area contributed by atoms with Crippen LogP contribution in [0.4, 0.5) is 0 Å². The van der Waals surface area contributed by atoms with Crippen LogP contribution >= 0.6 is 0 Å². The first-order valence-electron chi connectivity index (χ1n) is 5.88. The van der Waals surface area contributed by atoms with Gasteiger partial charge in [-0.2, -0.15) is 0 Å². The van der Waals surface area contributed by atoms with Gasteiger partial charge in [0.05, 0.1) is 7.11 Å². The highest BCUT2D eigenvalue weighted by molar-refractivity contribution is 5.97. The Hall–Kier alpha value is -2.09. The molecule has 2 aromatic carbocycles. The lowest BCUT2D eigenvalue weighted by atomic mass is 9.97. The number of methoxy groups -OCH3 is 1. The molecule has 0 unspecified atom stereocenters. The van der Waals surface area contributed by atoms with Crippen molar-refractivity contribution < 1.29 is 9.53 Å². The number of carbonyl (C=O) groups is 1. The van der Waals surface area contributed by atoms with Crippen molar-refractivity contribution in [2.45, 2.75) is 13.8 Å². The van der Waals surface area contributed by atoms with Crippen LogP contribution in [0.3, 0.4) is 0 Å². The summed E-state index contributed by atoms with van der Waals surface area (Å²) in [4.78, 5) is 11.6. The second-order valence-electron chi connectivity index (χ2n) is 4.29. The molecule has 92 valence electrons. The van der Waals surface area contributed by atoms with E-state index < -0.39 is 0 Å². The molecule has 0 saturated carbocycles. The minimum Gasteiger partial charge on any atom is -0.496 e. The maximum atomic E-state index is 11.6. The summed E-state index contributed by atoms with van der Waals surface area (Å²) < 4.78 is 5.35. The molecule has 2 heteroatoms. The highest BCUT2D eigenvalue weighted by Crippen LogP contribution is 2.30. The zero-order valence-electron chi connectivity index (χ0n) is 10.9. The Morgan fingerprint density at radius 3 is 2.50 bits per heavy atom. The molecular weight excluding hydrogens is 224 g/mol. The largest absolute Gasteiger partial charge is 0.496 e. The second kappa shape index (κ2) is 5.05. The SMILES string of the molecule is COc1ccccc1-c1ccc(C)c(C(C)=O)c1. The van der Waals surface area contributed by atoms with Crippen LogP contribution in [0.5, 0.6) is 5.75 Å². The van der Waals surface area contributed by atoms with E-state index in [1.165, 1.54) is 0 Å². The standard InChI is InChI=1S/C16H16O2/c1-11-8-9-13(10-15(11)12(2)17)14-6-4-5-7-16(14)18-3/h4-10H,1-3H3. The van der Waals surface area contributed by atoms with Gasteiger partial charge in [0.25, 0.3) is 0 Å². The van der Waals surface area contributed by atoms with Crippen LogP contribution in [-0.2, 0) is 0 Å². The van der Waals surface area contributed by atoms with E-state index in [2.05, 4.69) is 0 Å². The Morgan fingerprint density at radius 1 is 1.11 bits per heavy atom. The molecule has 0 heterocycles. The molecule has 0 N–H and O–H groups in total. The summed E-state index contributed by atoms with van der Waals surface area (Å²) in [5, 5.41) is 0. The molecule has 0 aliphatic carbocycles. The quantitative estimate of drug-likeness (QED) is 0.761. The Balaban J connectivity index is 2.58. The second-order valence-corrected chi connectivity index (χ2v) is 4.29. The molecule has 18 heavy (non-hydrogen) atoms. The number of hydrogen-bond donors (Lipinski definition) is 0. The third-order valence-corrected chi connectivity index (χ3v) is 3.03. The van der Waals surface area contributed by atoms with Gasteiger partial charge in [0, 0.05) is 11.1 Å². The molecule has 0 aromatic heterocycles. The zero-order valence-corrected chi connectivity index (χ0v) is 10.9. The summed E-state index contributed by atoms with van der Waals surface area (Å²) in [7, 11) is 1.65. The van der Waals surface area contributed by atoms with E-state index in [0.29, 0.717) is 0 Å². The number of rotatable bonds is 3. The fraction of sp³-hybridized carbons (Fsp3) is 0.188. The predicted octanol–water partition coefficient (Wildman–Crippen LogP) is 3.87. The van der Waals surface area contributed by atoms with E-state index >= 15 is 0 Å². The maximum Gasteiger partial charge on any atom is 0.160 e. The third-order valence-electron chi connectivity index (χ3n) is 3.03. The molecule has 0 bridgehead atoms. The molecule has 0 fully saturated rings. The van der Waals surface area contributed by atoms with Crippen molar-refractivity contribution in [2.24, 2.45) is 0 Å². The van der Waals surface area contributed by atoms with Crippen LogP contribution < -0.4 is 4.74 Å². The average Bonchev–Trinajstić information content (AvgIpc) is 2.39. The number of hydrogen-bond acceptors (Lipinski definition) is 2. The minimum absolute atomic E-state index is 0.0873. The predicted molar refractivity (Wildman–Crippen MR) is 73.2 cm³/mol. The van der Waals surface area contributed by atoms with Gasteiger partial charge in [-0.15, -0.1) is 0 Å². The van der Waals surface area contributed by atoms with Gasteiger partial charge in [-0.25, -0.2) is 0 Å². The third kappa shape index (κ3) is 2.28. The van der Waals surface area contributed by atoms with Crippen LogP contribution in [0.25, 0.3) is 11.1 Å². The molecule has 0 radical (unpaired) electrons. The van der Waals surface area contributed by atoms with Gasteiger partial charge in [0.2, 0.25) is 0 Å². The van der Waals surface area contributed by atoms with Crippen molar-refractivity contribution in [2.75, 3.05) is 7.11 Å². The molecule has 2 aromatic rings. The van der Waals surface area contributed by atoms with Crippen LogP contribution in [0, 0.1) is 6.92 Å². The number of aryl methyl sites for hydroxylation is 1. The first kappa shape index (κ1) is 12.4. The van der Waals surface area contributed by atoms with Crippen molar-refractivity contribution >= 4 is 5.78 Å². The summed E-state index contributed by atoms with van der Waals surface area (Å²) in [5.41, 5.74) is 3.77. The normalized spacial score (nSPS) is 10.2. The van der Waals surface area contributed by atoms with Crippen molar-refractivity contribution in [3.8, 4) is 16.9 Å². The number of ketones is 1. The van der Waals surface area contributed by atoms with E-state index in [1.54, 1.807) is 14.0 Å². The Labute approximate surface area is 107 Å². The molecule has 0 saturated heterocycles. The van der Waals surface area contributed by atoms with Gasteiger partial charge in [-0.1, -0.05) is 30.3 Å². The monoisotopic (exact) mass is 240 g/mol. The molecule has 0 spiro atoms. The van der Waals surface area contributed by atoms with Crippen molar-refractivity contribution in [1.82, 2.24) is 0 Å². The first-order chi connectivity index (χ1) is 8.63. The Bertz CT molecular complexity index is 585. The molecule has 0 aliphatic rings. The molecule has 2 rings (SSSR count). The minimum atomic E-state index is 0.0873. The lowest BCUT2D eigenvalue weighted by Gasteiger charge is -2.10. The molecule has 0 aliphatic heterocycles. The summed E-state index contributed by atoms with van der Waals surface area (Å²) in [6.07, 6.45) is 0. The smallest absolute Gasteiger partial charge is 0.160 e. The summed E-state index contributed by atoms with van der Waals surface area (Å²) in [6, 6.07) is 13.7. The van der Waals surface area contributed by atoms with E-state index in [4.69, 9.17) is 4.74 Å².